The van der Waals surface area contributed by atoms with E-state index in [-0.39, 0.29) is 5.56 Å². The SMILES string of the molecule is O=C(N/N=C\c1csc(-c2ccc(Cl)cc2)n1)c1ccccc1F. The largest absolute Gasteiger partial charge is 0.274 e. The zero-order valence-corrected chi connectivity index (χ0v) is 13.8. The standard InChI is InChI=1S/C17H11ClFN3OS/c18-12-7-5-11(6-8-12)17-21-13(10-24-17)9-20-22-16(23)14-3-1-2-4-15(14)19/h1-10H,(H,22,23)/b20-9-. The Kier molecular flexibility index (Phi) is 4.98. The predicted octanol–water partition coefficient (Wildman–Crippen LogP) is 4.37. The number of rotatable bonds is 4. The van der Waals surface area contributed by atoms with Gasteiger partial charge in [-0.2, -0.15) is 5.10 Å². The Hall–Kier alpha value is -2.57. The van der Waals surface area contributed by atoms with Gasteiger partial charge in [-0.15, -0.1) is 11.3 Å². The molecule has 0 atom stereocenters. The Balaban J connectivity index is 1.66. The zero-order valence-electron chi connectivity index (χ0n) is 12.2. The van der Waals surface area contributed by atoms with Gasteiger partial charge in [-0.1, -0.05) is 35.9 Å². The minimum Gasteiger partial charge on any atom is -0.267 e. The van der Waals surface area contributed by atoms with Crippen molar-refractivity contribution in [1.82, 2.24) is 10.4 Å². The van der Waals surface area contributed by atoms with Crippen LogP contribution in [0, 0.1) is 5.82 Å². The molecule has 0 radical (unpaired) electrons. The van der Waals surface area contributed by atoms with Crippen LogP contribution in [0.3, 0.4) is 0 Å². The number of carbonyl (C=O) groups excluding carboxylic acids is 1. The molecule has 0 spiro atoms. The lowest BCUT2D eigenvalue weighted by Gasteiger charge is -2.00. The van der Waals surface area contributed by atoms with Gasteiger partial charge >= 0.3 is 0 Å². The smallest absolute Gasteiger partial charge is 0.267 e. The summed E-state index contributed by atoms with van der Waals surface area (Å²) < 4.78 is 13.5. The van der Waals surface area contributed by atoms with Crippen LogP contribution < -0.4 is 5.43 Å². The van der Waals surface area contributed by atoms with E-state index < -0.39 is 11.7 Å². The molecule has 24 heavy (non-hydrogen) atoms. The van der Waals surface area contributed by atoms with Crippen molar-refractivity contribution in [2.24, 2.45) is 5.10 Å². The Labute approximate surface area is 146 Å². The Morgan fingerprint density at radius 1 is 1.21 bits per heavy atom. The summed E-state index contributed by atoms with van der Waals surface area (Å²) in [5, 5.41) is 7.09. The van der Waals surface area contributed by atoms with Gasteiger partial charge in [0.25, 0.3) is 5.91 Å². The summed E-state index contributed by atoms with van der Waals surface area (Å²) in [6.07, 6.45) is 1.41. The van der Waals surface area contributed by atoms with Gasteiger partial charge in [0.05, 0.1) is 17.5 Å². The van der Waals surface area contributed by atoms with Gasteiger partial charge in [-0.3, -0.25) is 4.79 Å². The molecule has 2 aromatic carbocycles. The van der Waals surface area contributed by atoms with Gasteiger partial charge in [0.15, 0.2) is 0 Å². The molecule has 1 heterocycles. The molecule has 0 aliphatic heterocycles. The summed E-state index contributed by atoms with van der Waals surface area (Å²) in [6, 6.07) is 13.0. The maximum atomic E-state index is 13.5. The lowest BCUT2D eigenvalue weighted by atomic mass is 10.2. The van der Waals surface area contributed by atoms with Crippen molar-refractivity contribution in [1.29, 1.82) is 0 Å². The first-order valence-corrected chi connectivity index (χ1v) is 8.18. The molecule has 120 valence electrons. The monoisotopic (exact) mass is 359 g/mol. The first-order chi connectivity index (χ1) is 11.6. The van der Waals surface area contributed by atoms with E-state index in [1.165, 1.54) is 35.8 Å². The van der Waals surface area contributed by atoms with E-state index in [4.69, 9.17) is 11.6 Å². The molecule has 3 aromatic rings. The van der Waals surface area contributed by atoms with Crippen molar-refractivity contribution in [2.75, 3.05) is 0 Å². The summed E-state index contributed by atoms with van der Waals surface area (Å²) in [5.74, 6) is -1.21. The molecule has 4 nitrogen and oxygen atoms in total. The van der Waals surface area contributed by atoms with Gasteiger partial charge in [0.1, 0.15) is 10.8 Å². The summed E-state index contributed by atoms with van der Waals surface area (Å²) in [7, 11) is 0. The van der Waals surface area contributed by atoms with Crippen molar-refractivity contribution in [3.63, 3.8) is 0 Å². The number of amides is 1. The Morgan fingerprint density at radius 2 is 1.96 bits per heavy atom. The third-order valence-corrected chi connectivity index (χ3v) is 4.26. The van der Waals surface area contributed by atoms with Crippen molar-refractivity contribution < 1.29 is 9.18 Å². The fraction of sp³-hybridized carbons (Fsp3) is 0. The molecule has 0 aliphatic rings. The van der Waals surface area contributed by atoms with Gasteiger partial charge in [-0.05, 0) is 24.3 Å². The average Bonchev–Trinajstić information content (AvgIpc) is 3.04. The highest BCUT2D eigenvalue weighted by molar-refractivity contribution is 7.13. The highest BCUT2D eigenvalue weighted by Crippen LogP contribution is 2.24. The second-order valence-corrected chi connectivity index (χ2v) is 6.06. The Morgan fingerprint density at radius 3 is 2.71 bits per heavy atom. The molecule has 0 aliphatic carbocycles. The zero-order chi connectivity index (χ0) is 16.9. The van der Waals surface area contributed by atoms with Crippen LogP contribution in [0.15, 0.2) is 59.0 Å². The number of hydrogen-bond donors (Lipinski definition) is 1. The molecule has 0 unspecified atom stereocenters. The third kappa shape index (κ3) is 3.84. The minimum absolute atomic E-state index is 0.0604. The normalized spacial score (nSPS) is 10.9. The van der Waals surface area contributed by atoms with Crippen molar-refractivity contribution in [2.45, 2.75) is 0 Å². The molecular weight excluding hydrogens is 349 g/mol. The van der Waals surface area contributed by atoms with Gasteiger partial charge in [0.2, 0.25) is 0 Å². The average molecular weight is 360 g/mol. The summed E-state index contributed by atoms with van der Waals surface area (Å²) in [6.45, 7) is 0. The molecule has 1 aromatic heterocycles. The van der Waals surface area contributed by atoms with Gasteiger partial charge < -0.3 is 0 Å². The number of thiazole rings is 1. The molecule has 0 fully saturated rings. The van der Waals surface area contributed by atoms with E-state index in [0.29, 0.717) is 10.7 Å². The first kappa shape index (κ1) is 16.3. The van der Waals surface area contributed by atoms with E-state index in [1.54, 1.807) is 18.2 Å². The Bertz CT molecular complexity index is 893. The molecule has 0 saturated carbocycles. The number of benzene rings is 2. The van der Waals surface area contributed by atoms with Crippen LogP contribution in [0.25, 0.3) is 10.6 Å². The van der Waals surface area contributed by atoms with E-state index in [1.807, 2.05) is 17.5 Å². The number of hydrazone groups is 1. The topological polar surface area (TPSA) is 54.4 Å². The lowest BCUT2D eigenvalue weighted by Crippen LogP contribution is -2.18. The summed E-state index contributed by atoms with van der Waals surface area (Å²) >= 11 is 7.31. The van der Waals surface area contributed by atoms with Crippen molar-refractivity contribution >= 4 is 35.1 Å². The third-order valence-electron chi connectivity index (χ3n) is 3.09. The van der Waals surface area contributed by atoms with E-state index in [2.05, 4.69) is 15.5 Å². The van der Waals surface area contributed by atoms with Crippen LogP contribution in [0.4, 0.5) is 4.39 Å². The van der Waals surface area contributed by atoms with E-state index >= 15 is 0 Å². The van der Waals surface area contributed by atoms with E-state index in [9.17, 15) is 9.18 Å². The number of halogens is 2. The van der Waals surface area contributed by atoms with Crippen molar-refractivity contribution in [3.8, 4) is 10.6 Å². The predicted molar refractivity (Wildman–Crippen MR) is 94.0 cm³/mol. The quantitative estimate of drug-likeness (QED) is 0.555. The number of carbonyl (C=O) groups is 1. The van der Waals surface area contributed by atoms with Crippen molar-refractivity contribution in [3.05, 3.63) is 76.0 Å². The second-order valence-electron chi connectivity index (χ2n) is 4.76. The highest BCUT2D eigenvalue weighted by atomic mass is 35.5. The second kappa shape index (κ2) is 7.33. The maximum absolute atomic E-state index is 13.5. The molecule has 0 saturated heterocycles. The van der Waals surface area contributed by atoms with Crippen LogP contribution in [0.5, 0.6) is 0 Å². The van der Waals surface area contributed by atoms with Crippen LogP contribution in [-0.4, -0.2) is 17.1 Å². The number of hydrogen-bond acceptors (Lipinski definition) is 4. The number of aromatic nitrogens is 1. The van der Waals surface area contributed by atoms with Crippen LogP contribution in [-0.2, 0) is 0 Å². The number of nitrogens with zero attached hydrogens (tertiary/aromatic N) is 2. The van der Waals surface area contributed by atoms with Crippen LogP contribution >= 0.6 is 22.9 Å². The summed E-state index contributed by atoms with van der Waals surface area (Å²) in [5.41, 5.74) is 3.76. The summed E-state index contributed by atoms with van der Waals surface area (Å²) in [4.78, 5) is 16.2. The molecular formula is C17H11ClFN3OS. The molecule has 1 amide bonds. The van der Waals surface area contributed by atoms with Crippen LogP contribution in [0.1, 0.15) is 16.1 Å². The number of nitrogens with one attached hydrogen (secondary N) is 1. The van der Waals surface area contributed by atoms with Gasteiger partial charge in [0, 0.05) is 16.0 Å². The molecule has 3 rings (SSSR count). The van der Waals surface area contributed by atoms with Gasteiger partial charge in [-0.25, -0.2) is 14.8 Å². The molecule has 1 N–H and O–H groups in total. The minimum atomic E-state index is -0.613. The fourth-order valence-corrected chi connectivity index (χ4v) is 2.84. The first-order valence-electron chi connectivity index (χ1n) is 6.93. The molecule has 0 bridgehead atoms. The van der Waals surface area contributed by atoms with Crippen LogP contribution in [0.2, 0.25) is 5.02 Å². The van der Waals surface area contributed by atoms with E-state index in [0.717, 1.165) is 10.6 Å². The molecule has 7 heteroatoms. The fourth-order valence-electron chi connectivity index (χ4n) is 1.93. The lowest BCUT2D eigenvalue weighted by molar-refractivity contribution is 0.0951. The highest BCUT2D eigenvalue weighted by Gasteiger charge is 2.09. The maximum Gasteiger partial charge on any atom is 0.274 e.